The maximum atomic E-state index is 13.1. The van der Waals surface area contributed by atoms with Gasteiger partial charge in [-0.25, -0.2) is 4.79 Å². The fourth-order valence-electron chi connectivity index (χ4n) is 4.44. The van der Waals surface area contributed by atoms with Gasteiger partial charge in [-0.1, -0.05) is 30.3 Å². The van der Waals surface area contributed by atoms with Crippen LogP contribution in [0.5, 0.6) is 5.75 Å². The van der Waals surface area contributed by atoms with E-state index in [2.05, 4.69) is 10.6 Å². The number of ether oxygens (including phenoxy) is 1. The van der Waals surface area contributed by atoms with Gasteiger partial charge in [-0.2, -0.15) is 0 Å². The monoisotopic (exact) mass is 450 g/mol. The lowest BCUT2D eigenvalue weighted by Crippen LogP contribution is -2.49. The van der Waals surface area contributed by atoms with Crippen LogP contribution < -0.4 is 20.3 Å². The van der Waals surface area contributed by atoms with E-state index in [9.17, 15) is 14.4 Å². The third-order valence-electron chi connectivity index (χ3n) is 6.10. The van der Waals surface area contributed by atoms with Crippen LogP contribution in [0.15, 0.2) is 54.6 Å². The van der Waals surface area contributed by atoms with Crippen molar-refractivity contribution in [2.45, 2.75) is 32.2 Å². The smallest absolute Gasteiger partial charge is 0.319 e. The third kappa shape index (κ3) is 5.45. The summed E-state index contributed by atoms with van der Waals surface area (Å²) in [5, 5.41) is 5.81. The average Bonchev–Trinajstić information content (AvgIpc) is 3.21. The van der Waals surface area contributed by atoms with Crippen molar-refractivity contribution in [2.24, 2.45) is 5.92 Å². The Hall–Kier alpha value is -3.55. The molecule has 8 heteroatoms. The summed E-state index contributed by atoms with van der Waals surface area (Å²) in [4.78, 5) is 41.5. The highest BCUT2D eigenvalue weighted by Gasteiger charge is 2.39. The molecule has 0 spiro atoms. The number of piperidine rings is 1. The quantitative estimate of drug-likeness (QED) is 0.707. The van der Waals surface area contributed by atoms with Gasteiger partial charge in [0.25, 0.3) is 0 Å². The van der Waals surface area contributed by atoms with Crippen LogP contribution >= 0.6 is 0 Å². The molecule has 2 fully saturated rings. The maximum Gasteiger partial charge on any atom is 0.319 e. The summed E-state index contributed by atoms with van der Waals surface area (Å²) in [7, 11) is 0. The van der Waals surface area contributed by atoms with Gasteiger partial charge in [0.1, 0.15) is 5.75 Å². The number of carbonyl (C=O) groups is 3. The summed E-state index contributed by atoms with van der Waals surface area (Å²) in [6, 6.07) is 16.5. The lowest BCUT2D eigenvalue weighted by atomic mass is 10.0. The molecule has 0 saturated carbocycles. The standard InChI is InChI=1S/C25H30N4O4/c1-2-33-22-11-7-6-10-21(22)29-17-18(16-23(29)30)24(31)28-14-12-20(13-15-28)27-25(32)26-19-8-4-3-5-9-19/h3-11,18,20H,2,12-17H2,1H3,(H2,26,27,32). The second-order valence-corrected chi connectivity index (χ2v) is 8.37. The Kier molecular flexibility index (Phi) is 7.12. The summed E-state index contributed by atoms with van der Waals surface area (Å²) in [5.41, 5.74) is 1.45. The Morgan fingerprint density at radius 3 is 2.45 bits per heavy atom. The second kappa shape index (κ2) is 10.4. The molecular formula is C25H30N4O4. The topological polar surface area (TPSA) is 91.0 Å². The number of likely N-dealkylation sites (tertiary alicyclic amines) is 1. The molecule has 4 rings (SSSR count). The van der Waals surface area contributed by atoms with Crippen LogP contribution in [0.2, 0.25) is 0 Å². The zero-order chi connectivity index (χ0) is 23.2. The van der Waals surface area contributed by atoms with Crippen molar-refractivity contribution in [1.82, 2.24) is 10.2 Å². The molecule has 0 radical (unpaired) electrons. The number of hydrogen-bond acceptors (Lipinski definition) is 4. The Balaban J connectivity index is 1.28. The minimum atomic E-state index is -0.363. The summed E-state index contributed by atoms with van der Waals surface area (Å²) in [6.45, 7) is 3.90. The molecule has 0 aliphatic carbocycles. The van der Waals surface area contributed by atoms with Crippen molar-refractivity contribution in [3.05, 3.63) is 54.6 Å². The molecule has 33 heavy (non-hydrogen) atoms. The van der Waals surface area contributed by atoms with E-state index in [1.165, 1.54) is 0 Å². The number of para-hydroxylation sites is 3. The number of nitrogens with one attached hydrogen (secondary N) is 2. The van der Waals surface area contributed by atoms with E-state index in [0.717, 1.165) is 5.69 Å². The molecule has 2 aliphatic heterocycles. The Morgan fingerprint density at radius 2 is 1.73 bits per heavy atom. The number of amides is 4. The first kappa shape index (κ1) is 22.6. The number of benzene rings is 2. The van der Waals surface area contributed by atoms with Crippen LogP contribution in [0.1, 0.15) is 26.2 Å². The van der Waals surface area contributed by atoms with Crippen LogP contribution in [0.4, 0.5) is 16.2 Å². The Labute approximate surface area is 193 Å². The van der Waals surface area contributed by atoms with E-state index in [1.807, 2.05) is 66.4 Å². The SMILES string of the molecule is CCOc1ccccc1N1CC(C(=O)N2CCC(NC(=O)Nc3ccccc3)CC2)CC1=O. The molecule has 4 amide bonds. The van der Waals surface area contributed by atoms with Gasteiger partial charge in [-0.15, -0.1) is 0 Å². The van der Waals surface area contributed by atoms with Crippen molar-refractivity contribution < 1.29 is 19.1 Å². The molecule has 2 N–H and O–H groups in total. The number of anilines is 2. The Bertz CT molecular complexity index is 989. The highest BCUT2D eigenvalue weighted by atomic mass is 16.5. The maximum absolute atomic E-state index is 13.1. The molecule has 0 bridgehead atoms. The predicted octanol–water partition coefficient (Wildman–Crippen LogP) is 3.25. The van der Waals surface area contributed by atoms with E-state index < -0.39 is 0 Å². The molecule has 0 aromatic heterocycles. The van der Waals surface area contributed by atoms with Crippen LogP contribution in [0, 0.1) is 5.92 Å². The van der Waals surface area contributed by atoms with E-state index in [0.29, 0.717) is 50.5 Å². The van der Waals surface area contributed by atoms with Gasteiger partial charge in [0.15, 0.2) is 0 Å². The van der Waals surface area contributed by atoms with Crippen molar-refractivity contribution in [3.63, 3.8) is 0 Å². The summed E-state index contributed by atoms with van der Waals surface area (Å²) in [5.74, 6) is 0.238. The van der Waals surface area contributed by atoms with Gasteiger partial charge in [0, 0.05) is 37.8 Å². The number of nitrogens with zero attached hydrogens (tertiary/aromatic N) is 2. The predicted molar refractivity (Wildman–Crippen MR) is 126 cm³/mol. The minimum absolute atomic E-state index is 0.00641. The van der Waals surface area contributed by atoms with Gasteiger partial charge >= 0.3 is 6.03 Å². The van der Waals surface area contributed by atoms with Gasteiger partial charge in [-0.3, -0.25) is 9.59 Å². The molecule has 2 heterocycles. The number of rotatable bonds is 6. The second-order valence-electron chi connectivity index (χ2n) is 8.37. The number of hydrogen-bond donors (Lipinski definition) is 2. The van der Waals surface area contributed by atoms with E-state index >= 15 is 0 Å². The van der Waals surface area contributed by atoms with Crippen LogP contribution in [-0.2, 0) is 9.59 Å². The molecular weight excluding hydrogens is 420 g/mol. The van der Waals surface area contributed by atoms with Crippen molar-refractivity contribution >= 4 is 29.2 Å². The lowest BCUT2D eigenvalue weighted by Gasteiger charge is -2.33. The lowest BCUT2D eigenvalue weighted by molar-refractivity contribution is -0.136. The fraction of sp³-hybridized carbons (Fsp3) is 0.400. The fourth-order valence-corrected chi connectivity index (χ4v) is 4.44. The summed E-state index contributed by atoms with van der Waals surface area (Å²) in [6.07, 6.45) is 1.58. The molecule has 2 aromatic carbocycles. The van der Waals surface area contributed by atoms with Gasteiger partial charge in [0.05, 0.1) is 18.2 Å². The van der Waals surface area contributed by atoms with Crippen molar-refractivity contribution in [1.29, 1.82) is 0 Å². The van der Waals surface area contributed by atoms with Crippen LogP contribution in [0.25, 0.3) is 0 Å². The van der Waals surface area contributed by atoms with Crippen molar-refractivity contribution in [3.8, 4) is 5.75 Å². The van der Waals surface area contributed by atoms with Gasteiger partial charge in [-0.05, 0) is 44.0 Å². The first-order valence-electron chi connectivity index (χ1n) is 11.5. The molecule has 2 aromatic rings. The molecule has 1 atom stereocenters. The molecule has 2 aliphatic rings. The zero-order valence-electron chi connectivity index (χ0n) is 18.8. The molecule has 2 saturated heterocycles. The van der Waals surface area contributed by atoms with Crippen LogP contribution in [0.3, 0.4) is 0 Å². The van der Waals surface area contributed by atoms with Gasteiger partial charge < -0.3 is 25.2 Å². The van der Waals surface area contributed by atoms with Crippen molar-refractivity contribution in [2.75, 3.05) is 36.5 Å². The van der Waals surface area contributed by atoms with Gasteiger partial charge in [0.2, 0.25) is 11.8 Å². The summed E-state index contributed by atoms with van der Waals surface area (Å²) < 4.78 is 5.66. The van der Waals surface area contributed by atoms with E-state index in [1.54, 1.807) is 4.90 Å². The molecule has 8 nitrogen and oxygen atoms in total. The Morgan fingerprint density at radius 1 is 1.03 bits per heavy atom. The molecule has 1 unspecified atom stereocenters. The van der Waals surface area contributed by atoms with Crippen LogP contribution in [-0.4, -0.2) is 55.0 Å². The normalized spacial score (nSPS) is 18.8. The number of carbonyl (C=O) groups excluding carboxylic acids is 3. The highest BCUT2D eigenvalue weighted by Crippen LogP contribution is 2.33. The first-order valence-corrected chi connectivity index (χ1v) is 11.5. The number of urea groups is 1. The minimum Gasteiger partial charge on any atom is -0.492 e. The highest BCUT2D eigenvalue weighted by molar-refractivity contribution is 6.01. The molecule has 174 valence electrons. The zero-order valence-corrected chi connectivity index (χ0v) is 18.8. The largest absolute Gasteiger partial charge is 0.492 e. The first-order chi connectivity index (χ1) is 16.0. The van der Waals surface area contributed by atoms with E-state index in [-0.39, 0.29) is 36.2 Å². The summed E-state index contributed by atoms with van der Waals surface area (Å²) >= 11 is 0. The average molecular weight is 451 g/mol. The van der Waals surface area contributed by atoms with E-state index in [4.69, 9.17) is 4.74 Å². The third-order valence-corrected chi connectivity index (χ3v) is 6.10.